The molecule has 1 atom stereocenters. The molecule has 0 saturated carbocycles. The maximum Gasteiger partial charge on any atom is 0.264 e. The van der Waals surface area contributed by atoms with Crippen LogP contribution in [0.25, 0.3) is 0 Å². The SMILES string of the molecule is CC[C@@H](C(=O)NCC(C)C)N(Cc1ccc(Cl)c(Cl)c1)C(=O)CN(c1ccc(C)c(Cl)c1)S(=O)(=O)c1ccccc1. The highest BCUT2D eigenvalue weighted by Crippen LogP contribution is 2.29. The first kappa shape index (κ1) is 32.7. The summed E-state index contributed by atoms with van der Waals surface area (Å²) in [7, 11) is -4.18. The summed E-state index contributed by atoms with van der Waals surface area (Å²) in [6.45, 7) is 7.42. The summed E-state index contributed by atoms with van der Waals surface area (Å²) in [5, 5.41) is 3.91. The number of hydrogen-bond donors (Lipinski definition) is 1. The Hall–Kier alpha value is -2.78. The van der Waals surface area contributed by atoms with Crippen molar-refractivity contribution in [3.63, 3.8) is 0 Å². The summed E-state index contributed by atoms with van der Waals surface area (Å²) in [5.41, 5.74) is 1.62. The number of nitrogens with one attached hydrogen (secondary N) is 1. The summed E-state index contributed by atoms with van der Waals surface area (Å²) in [6, 6.07) is 16.7. The van der Waals surface area contributed by atoms with Crippen molar-refractivity contribution in [2.24, 2.45) is 5.92 Å². The number of carbonyl (C=O) groups excluding carboxylic acids is 2. The van der Waals surface area contributed by atoms with E-state index in [0.717, 1.165) is 9.87 Å². The van der Waals surface area contributed by atoms with Crippen molar-refractivity contribution >= 4 is 62.3 Å². The first-order valence-electron chi connectivity index (χ1n) is 13.2. The number of nitrogens with zero attached hydrogens (tertiary/aromatic N) is 2. The van der Waals surface area contributed by atoms with Gasteiger partial charge in [0.2, 0.25) is 11.8 Å². The zero-order chi connectivity index (χ0) is 30.3. The van der Waals surface area contributed by atoms with Crippen molar-refractivity contribution in [2.45, 2.75) is 51.6 Å². The summed E-state index contributed by atoms with van der Waals surface area (Å²) in [6.07, 6.45) is 0.304. The summed E-state index contributed by atoms with van der Waals surface area (Å²) in [5.74, 6) is -0.697. The molecule has 0 unspecified atom stereocenters. The summed E-state index contributed by atoms with van der Waals surface area (Å²) < 4.78 is 28.8. The van der Waals surface area contributed by atoms with Crippen LogP contribution >= 0.6 is 34.8 Å². The number of rotatable bonds is 12. The number of halogens is 3. The Morgan fingerprint density at radius 3 is 2.17 bits per heavy atom. The number of anilines is 1. The van der Waals surface area contributed by atoms with Crippen molar-refractivity contribution in [1.29, 1.82) is 0 Å². The maximum absolute atomic E-state index is 14.1. The van der Waals surface area contributed by atoms with Gasteiger partial charge in [-0.25, -0.2) is 8.42 Å². The van der Waals surface area contributed by atoms with E-state index >= 15 is 0 Å². The van der Waals surface area contributed by atoms with E-state index in [4.69, 9.17) is 34.8 Å². The van der Waals surface area contributed by atoms with E-state index in [1.165, 1.54) is 23.1 Å². The Bertz CT molecular complexity index is 1480. The number of amides is 2. The molecule has 0 heterocycles. The molecule has 0 aliphatic carbocycles. The third kappa shape index (κ3) is 8.38. The number of carbonyl (C=O) groups is 2. The molecule has 0 aromatic heterocycles. The minimum absolute atomic E-state index is 0.0111. The van der Waals surface area contributed by atoms with Crippen LogP contribution in [-0.2, 0) is 26.2 Å². The highest BCUT2D eigenvalue weighted by Gasteiger charge is 2.34. The second-order valence-electron chi connectivity index (χ2n) is 10.1. The molecule has 0 bridgehead atoms. The molecule has 2 amide bonds. The summed E-state index contributed by atoms with van der Waals surface area (Å²) in [4.78, 5) is 28.8. The molecule has 41 heavy (non-hydrogen) atoms. The number of aryl methyl sites for hydroxylation is 1. The van der Waals surface area contributed by atoms with E-state index in [-0.39, 0.29) is 29.0 Å². The second kappa shape index (κ2) is 14.4. The minimum atomic E-state index is -4.18. The van der Waals surface area contributed by atoms with E-state index in [1.807, 2.05) is 13.8 Å². The van der Waals surface area contributed by atoms with Gasteiger partial charge < -0.3 is 10.2 Å². The maximum atomic E-state index is 14.1. The van der Waals surface area contributed by atoms with E-state index in [0.29, 0.717) is 33.6 Å². The zero-order valence-electron chi connectivity index (χ0n) is 23.4. The lowest BCUT2D eigenvalue weighted by Crippen LogP contribution is -2.52. The van der Waals surface area contributed by atoms with Crippen LogP contribution in [0.4, 0.5) is 5.69 Å². The standard InChI is InChI=1S/C30H34Cl3N3O4S/c1-5-28(30(38)34-17-20(2)3)35(18-22-12-14-25(31)27(33)15-22)29(37)19-36(23-13-11-21(4)26(32)16-23)41(39,40)24-9-7-6-8-10-24/h6-16,20,28H,5,17-19H2,1-4H3,(H,34,38)/t28-/m0/s1. The van der Waals surface area contributed by atoms with Crippen LogP contribution in [0, 0.1) is 12.8 Å². The van der Waals surface area contributed by atoms with Crippen molar-refractivity contribution in [2.75, 3.05) is 17.4 Å². The number of benzene rings is 3. The predicted octanol–water partition coefficient (Wildman–Crippen LogP) is 6.73. The Morgan fingerprint density at radius 1 is 0.902 bits per heavy atom. The summed E-state index contributed by atoms with van der Waals surface area (Å²) >= 11 is 18.7. The Balaban J connectivity index is 2.07. The molecule has 3 aromatic rings. The van der Waals surface area contributed by atoms with E-state index in [9.17, 15) is 18.0 Å². The minimum Gasteiger partial charge on any atom is -0.354 e. The molecule has 3 rings (SSSR count). The topological polar surface area (TPSA) is 86.8 Å². The molecular formula is C30H34Cl3N3O4S. The lowest BCUT2D eigenvalue weighted by atomic mass is 10.1. The fourth-order valence-corrected chi connectivity index (χ4v) is 6.08. The molecule has 0 saturated heterocycles. The van der Waals surface area contributed by atoms with Gasteiger partial charge >= 0.3 is 0 Å². The predicted molar refractivity (Wildman–Crippen MR) is 166 cm³/mol. The van der Waals surface area contributed by atoms with Crippen LogP contribution in [0.15, 0.2) is 71.6 Å². The van der Waals surface area contributed by atoms with Gasteiger partial charge in [-0.15, -0.1) is 0 Å². The normalized spacial score (nSPS) is 12.2. The van der Waals surface area contributed by atoms with Gasteiger partial charge in [-0.3, -0.25) is 13.9 Å². The van der Waals surface area contributed by atoms with Crippen LogP contribution in [0.5, 0.6) is 0 Å². The van der Waals surface area contributed by atoms with E-state index < -0.39 is 28.5 Å². The first-order valence-corrected chi connectivity index (χ1v) is 15.8. The average molecular weight is 639 g/mol. The van der Waals surface area contributed by atoms with Crippen LogP contribution in [0.2, 0.25) is 15.1 Å². The quantitative estimate of drug-likeness (QED) is 0.238. The number of sulfonamides is 1. The van der Waals surface area contributed by atoms with E-state index in [1.54, 1.807) is 62.4 Å². The van der Waals surface area contributed by atoms with Crippen molar-refractivity contribution in [3.8, 4) is 0 Å². The molecule has 0 fully saturated rings. The molecule has 1 N–H and O–H groups in total. The van der Waals surface area contributed by atoms with Crippen LogP contribution < -0.4 is 9.62 Å². The van der Waals surface area contributed by atoms with Gasteiger partial charge in [0.05, 0.1) is 20.6 Å². The fourth-order valence-electron chi connectivity index (χ4n) is 4.16. The molecule has 7 nitrogen and oxygen atoms in total. The zero-order valence-corrected chi connectivity index (χ0v) is 26.5. The van der Waals surface area contributed by atoms with Gasteiger partial charge in [0, 0.05) is 18.1 Å². The highest BCUT2D eigenvalue weighted by molar-refractivity contribution is 7.92. The molecule has 11 heteroatoms. The lowest BCUT2D eigenvalue weighted by molar-refractivity contribution is -0.140. The largest absolute Gasteiger partial charge is 0.354 e. The first-order chi connectivity index (χ1) is 19.3. The lowest BCUT2D eigenvalue weighted by Gasteiger charge is -2.33. The van der Waals surface area contributed by atoms with Crippen LogP contribution in [0.3, 0.4) is 0 Å². The molecule has 0 spiro atoms. The van der Waals surface area contributed by atoms with Gasteiger partial charge in [0.15, 0.2) is 0 Å². The van der Waals surface area contributed by atoms with Gasteiger partial charge in [-0.2, -0.15) is 0 Å². The molecule has 220 valence electrons. The third-order valence-electron chi connectivity index (χ3n) is 6.46. The van der Waals surface area contributed by atoms with Gasteiger partial charge in [0.1, 0.15) is 12.6 Å². The van der Waals surface area contributed by atoms with Crippen molar-refractivity contribution in [3.05, 3.63) is 92.9 Å². The van der Waals surface area contributed by atoms with E-state index in [2.05, 4.69) is 5.32 Å². The van der Waals surface area contributed by atoms with Gasteiger partial charge in [-0.05, 0) is 66.8 Å². The Labute approximate surface area is 257 Å². The molecule has 3 aromatic carbocycles. The second-order valence-corrected chi connectivity index (χ2v) is 13.2. The van der Waals surface area contributed by atoms with Crippen LogP contribution in [0.1, 0.15) is 38.3 Å². The smallest absolute Gasteiger partial charge is 0.264 e. The van der Waals surface area contributed by atoms with Gasteiger partial charge in [0.25, 0.3) is 10.0 Å². The monoisotopic (exact) mass is 637 g/mol. The van der Waals surface area contributed by atoms with Gasteiger partial charge in [-0.1, -0.05) is 85.9 Å². The molecular weight excluding hydrogens is 605 g/mol. The average Bonchev–Trinajstić information content (AvgIpc) is 2.94. The molecule has 0 aliphatic heterocycles. The Kier molecular flexibility index (Phi) is 11.5. The third-order valence-corrected chi connectivity index (χ3v) is 9.40. The molecule has 0 aliphatic rings. The van der Waals surface area contributed by atoms with Crippen LogP contribution in [-0.4, -0.2) is 44.3 Å². The highest BCUT2D eigenvalue weighted by atomic mass is 35.5. The van der Waals surface area contributed by atoms with Crippen molar-refractivity contribution in [1.82, 2.24) is 10.2 Å². The Morgan fingerprint density at radius 2 is 1.59 bits per heavy atom. The number of hydrogen-bond acceptors (Lipinski definition) is 4. The molecule has 0 radical (unpaired) electrons. The fraction of sp³-hybridized carbons (Fsp3) is 0.333. The van der Waals surface area contributed by atoms with Crippen molar-refractivity contribution < 1.29 is 18.0 Å².